The summed E-state index contributed by atoms with van der Waals surface area (Å²) in [5, 5.41) is 11.5. The number of alkyl halides is 3. The smallest absolute Gasteiger partial charge is 0.391 e. The van der Waals surface area contributed by atoms with Gasteiger partial charge in [0, 0.05) is 19.7 Å². The molecule has 0 aliphatic rings. The first kappa shape index (κ1) is 15.9. The first-order valence-corrected chi connectivity index (χ1v) is 5.73. The molecule has 1 atom stereocenters. The second-order valence-corrected chi connectivity index (χ2v) is 4.07. The Kier molecular flexibility index (Phi) is 5.77. The molecule has 1 aromatic rings. The van der Waals surface area contributed by atoms with Crippen LogP contribution < -0.4 is 5.32 Å². The minimum Gasteiger partial charge on any atom is -0.391 e. The number of anilines is 1. The quantitative estimate of drug-likeness (QED) is 0.786. The van der Waals surface area contributed by atoms with E-state index in [0.29, 0.717) is 6.42 Å². The number of hydrogen-bond donors (Lipinski definition) is 2. The first-order chi connectivity index (χ1) is 8.82. The van der Waals surface area contributed by atoms with Gasteiger partial charge in [-0.1, -0.05) is 0 Å². The Hall–Kier alpha value is -1.12. The molecular formula is C10H13ClF3N3O2. The number of aromatic nitrogens is 2. The van der Waals surface area contributed by atoms with Crippen molar-refractivity contribution in [2.45, 2.75) is 18.7 Å². The third-order valence-electron chi connectivity index (χ3n) is 2.13. The summed E-state index contributed by atoms with van der Waals surface area (Å²) in [6.45, 7) is 0.384. The van der Waals surface area contributed by atoms with Gasteiger partial charge in [-0.15, -0.1) is 0 Å². The number of nitrogens with one attached hydrogen (secondary N) is 1. The van der Waals surface area contributed by atoms with Gasteiger partial charge in [0.1, 0.15) is 5.82 Å². The van der Waals surface area contributed by atoms with E-state index in [1.165, 1.54) is 7.11 Å². The Labute approximate surface area is 112 Å². The van der Waals surface area contributed by atoms with E-state index in [4.69, 9.17) is 16.3 Å². The summed E-state index contributed by atoms with van der Waals surface area (Å²) < 4.78 is 42.1. The van der Waals surface area contributed by atoms with Crippen LogP contribution in [0.25, 0.3) is 0 Å². The molecule has 0 aliphatic heterocycles. The van der Waals surface area contributed by atoms with Gasteiger partial charge in [-0.2, -0.15) is 13.2 Å². The maximum Gasteiger partial charge on any atom is 0.433 e. The Bertz CT molecular complexity index is 417. The van der Waals surface area contributed by atoms with Crippen molar-refractivity contribution in [1.29, 1.82) is 0 Å². The van der Waals surface area contributed by atoms with Gasteiger partial charge in [0.15, 0.2) is 5.69 Å². The largest absolute Gasteiger partial charge is 0.433 e. The van der Waals surface area contributed by atoms with Crippen molar-refractivity contribution in [3.05, 3.63) is 17.0 Å². The molecule has 0 bridgehead atoms. The molecule has 0 fully saturated rings. The minimum atomic E-state index is -4.58. The zero-order valence-electron chi connectivity index (χ0n) is 10.0. The number of nitrogens with zero attached hydrogens (tertiary/aromatic N) is 2. The van der Waals surface area contributed by atoms with Crippen LogP contribution in [0.15, 0.2) is 6.07 Å². The zero-order valence-corrected chi connectivity index (χ0v) is 10.8. The molecule has 0 aromatic carbocycles. The van der Waals surface area contributed by atoms with Crippen LogP contribution in [0.5, 0.6) is 0 Å². The number of aliphatic hydroxyl groups excluding tert-OH is 1. The van der Waals surface area contributed by atoms with Crippen molar-refractivity contribution in [3.63, 3.8) is 0 Å². The van der Waals surface area contributed by atoms with Crippen molar-refractivity contribution in [2.24, 2.45) is 0 Å². The highest BCUT2D eigenvalue weighted by atomic mass is 35.5. The lowest BCUT2D eigenvalue weighted by atomic mass is 10.2. The predicted molar refractivity (Wildman–Crippen MR) is 63.0 cm³/mol. The highest BCUT2D eigenvalue weighted by Crippen LogP contribution is 2.29. The summed E-state index contributed by atoms with van der Waals surface area (Å²) in [4.78, 5) is 6.72. The predicted octanol–water partition coefficient (Wildman–Crippen LogP) is 1.96. The molecule has 1 heterocycles. The minimum absolute atomic E-state index is 0.0445. The number of aliphatic hydroxyl groups is 1. The Morgan fingerprint density at radius 1 is 1.47 bits per heavy atom. The Morgan fingerprint density at radius 2 is 2.16 bits per heavy atom. The Balaban J connectivity index is 2.61. The molecule has 1 unspecified atom stereocenters. The van der Waals surface area contributed by atoms with E-state index in [1.54, 1.807) is 0 Å². The molecule has 0 saturated carbocycles. The van der Waals surface area contributed by atoms with E-state index in [0.717, 1.165) is 6.07 Å². The van der Waals surface area contributed by atoms with Crippen LogP contribution in [0.2, 0.25) is 5.28 Å². The summed E-state index contributed by atoms with van der Waals surface area (Å²) >= 11 is 5.42. The van der Waals surface area contributed by atoms with Crippen molar-refractivity contribution in [2.75, 3.05) is 25.6 Å². The van der Waals surface area contributed by atoms with E-state index in [1.807, 2.05) is 0 Å². The van der Waals surface area contributed by atoms with Crippen LogP contribution in [-0.4, -0.2) is 41.4 Å². The second-order valence-electron chi connectivity index (χ2n) is 3.73. The van der Waals surface area contributed by atoms with E-state index in [-0.39, 0.29) is 19.0 Å². The fourth-order valence-corrected chi connectivity index (χ4v) is 1.48. The van der Waals surface area contributed by atoms with Crippen molar-refractivity contribution < 1.29 is 23.0 Å². The lowest BCUT2D eigenvalue weighted by Crippen LogP contribution is -2.19. The van der Waals surface area contributed by atoms with Gasteiger partial charge in [-0.05, 0) is 18.0 Å². The fraction of sp³-hybridized carbons (Fsp3) is 0.600. The normalized spacial score (nSPS) is 13.4. The fourth-order valence-electron chi connectivity index (χ4n) is 1.30. The first-order valence-electron chi connectivity index (χ1n) is 5.35. The molecular weight excluding hydrogens is 287 g/mol. The van der Waals surface area contributed by atoms with E-state index in [2.05, 4.69) is 15.3 Å². The monoisotopic (exact) mass is 299 g/mol. The van der Waals surface area contributed by atoms with Gasteiger partial charge < -0.3 is 15.2 Å². The molecule has 9 heteroatoms. The topological polar surface area (TPSA) is 67.3 Å². The SMILES string of the molecule is COCC(O)CCNc1cc(C(F)(F)F)nc(Cl)n1. The molecule has 5 nitrogen and oxygen atoms in total. The Morgan fingerprint density at radius 3 is 2.74 bits per heavy atom. The third-order valence-corrected chi connectivity index (χ3v) is 2.30. The number of halogens is 4. The lowest BCUT2D eigenvalue weighted by molar-refractivity contribution is -0.141. The maximum absolute atomic E-state index is 12.5. The molecule has 108 valence electrons. The standard InChI is InChI=1S/C10H13ClF3N3O2/c1-19-5-6(18)2-3-15-8-4-7(10(12,13)14)16-9(11)17-8/h4,6,18H,2-3,5H2,1H3,(H,15,16,17). The summed E-state index contributed by atoms with van der Waals surface area (Å²) in [5.41, 5.74) is -1.12. The molecule has 2 N–H and O–H groups in total. The molecule has 19 heavy (non-hydrogen) atoms. The van der Waals surface area contributed by atoms with Gasteiger partial charge in [-0.3, -0.25) is 0 Å². The van der Waals surface area contributed by atoms with Crippen LogP contribution in [0.4, 0.5) is 19.0 Å². The number of ether oxygens (including phenoxy) is 1. The van der Waals surface area contributed by atoms with Gasteiger partial charge in [0.2, 0.25) is 5.28 Å². The number of rotatable bonds is 6. The van der Waals surface area contributed by atoms with Crippen LogP contribution in [0.3, 0.4) is 0 Å². The average molecular weight is 300 g/mol. The van der Waals surface area contributed by atoms with E-state index < -0.39 is 23.3 Å². The van der Waals surface area contributed by atoms with Crippen LogP contribution in [0.1, 0.15) is 12.1 Å². The van der Waals surface area contributed by atoms with Crippen LogP contribution in [0, 0.1) is 0 Å². The molecule has 1 rings (SSSR count). The van der Waals surface area contributed by atoms with Crippen LogP contribution >= 0.6 is 11.6 Å². The molecule has 0 amide bonds. The molecule has 1 aromatic heterocycles. The summed E-state index contributed by atoms with van der Waals surface area (Å²) in [6, 6.07) is 0.759. The molecule has 0 aliphatic carbocycles. The van der Waals surface area contributed by atoms with Gasteiger partial charge in [-0.25, -0.2) is 9.97 Å². The highest BCUT2D eigenvalue weighted by Gasteiger charge is 2.33. The summed E-state index contributed by atoms with van der Waals surface area (Å²) in [5.74, 6) is -0.0445. The van der Waals surface area contributed by atoms with E-state index >= 15 is 0 Å². The lowest BCUT2D eigenvalue weighted by Gasteiger charge is -2.12. The maximum atomic E-state index is 12.5. The molecule has 0 radical (unpaired) electrons. The van der Waals surface area contributed by atoms with Crippen molar-refractivity contribution >= 4 is 17.4 Å². The van der Waals surface area contributed by atoms with E-state index in [9.17, 15) is 18.3 Å². The van der Waals surface area contributed by atoms with Gasteiger partial charge in [0.05, 0.1) is 12.7 Å². The van der Waals surface area contributed by atoms with Gasteiger partial charge in [0.25, 0.3) is 0 Å². The summed E-state index contributed by atoms with van der Waals surface area (Å²) in [6.07, 6.45) is -4.98. The van der Waals surface area contributed by atoms with Gasteiger partial charge >= 0.3 is 6.18 Å². The zero-order chi connectivity index (χ0) is 14.5. The van der Waals surface area contributed by atoms with Crippen molar-refractivity contribution in [1.82, 2.24) is 9.97 Å². The van der Waals surface area contributed by atoms with Crippen LogP contribution in [-0.2, 0) is 10.9 Å². The van der Waals surface area contributed by atoms with Crippen molar-refractivity contribution in [3.8, 4) is 0 Å². The molecule has 0 spiro atoms. The molecule has 0 saturated heterocycles. The highest BCUT2D eigenvalue weighted by molar-refractivity contribution is 6.28. The third kappa shape index (κ3) is 5.58. The number of methoxy groups -OCH3 is 1. The second kappa shape index (κ2) is 6.88. The average Bonchev–Trinajstić information content (AvgIpc) is 2.27. The number of hydrogen-bond acceptors (Lipinski definition) is 5. The summed E-state index contributed by atoms with van der Waals surface area (Å²) in [7, 11) is 1.44.